The molecule has 0 heterocycles. The van der Waals surface area contributed by atoms with E-state index >= 15 is 0 Å². The van der Waals surface area contributed by atoms with Crippen molar-refractivity contribution in [2.45, 2.75) is 227 Å². The Labute approximate surface area is 303 Å². The summed E-state index contributed by atoms with van der Waals surface area (Å²) < 4.78 is 11.2. The van der Waals surface area contributed by atoms with Crippen LogP contribution in [0.1, 0.15) is 214 Å². The van der Waals surface area contributed by atoms with Crippen LogP contribution in [0.25, 0.3) is 0 Å². The van der Waals surface area contributed by atoms with Gasteiger partial charge in [-0.3, -0.25) is 14.4 Å². The number of thioether (sulfide) groups is 1. The summed E-state index contributed by atoms with van der Waals surface area (Å²) >= 11 is 1.46. The van der Waals surface area contributed by atoms with Crippen molar-refractivity contribution in [3.8, 4) is 0 Å². The van der Waals surface area contributed by atoms with Crippen molar-refractivity contribution in [3.05, 3.63) is 0 Å². The van der Waals surface area contributed by atoms with E-state index in [0.29, 0.717) is 24.3 Å². The van der Waals surface area contributed by atoms with Gasteiger partial charge in [-0.2, -0.15) is 11.8 Å². The number of unbranched alkanes of at least 4 members (excludes halogenated alkanes) is 24. The Morgan fingerprint density at radius 3 is 1.21 bits per heavy atom. The normalized spacial score (nSPS) is 12.2. The Hall–Kier alpha value is -1.08. The van der Waals surface area contributed by atoms with Crippen LogP contribution < -0.4 is 5.73 Å². The first-order valence-electron chi connectivity index (χ1n) is 20.6. The minimum Gasteiger partial charge on any atom is -0.462 e. The third-order valence-corrected chi connectivity index (χ3v) is 10.0. The van der Waals surface area contributed by atoms with Gasteiger partial charge in [-0.05, 0) is 19.8 Å². The standard InChI is InChI=1S/C39H75NO5S.C2H6/c1-4-6-8-10-12-14-16-18-20-22-24-26-28-30-38(42)44-32-36(33-46-34-37(40)35(3)41)45-39(43)31-29-27-25-23-21-19-17-15-13-11-9-7-5-2;1-2/h36-37H,4-34,40H2,1-3H3;1-2H3. The Kier molecular flexibility index (Phi) is 41.2. The highest BCUT2D eigenvalue weighted by Gasteiger charge is 2.18. The molecule has 6 nitrogen and oxygen atoms in total. The number of ketones is 1. The van der Waals surface area contributed by atoms with E-state index in [1.54, 1.807) is 0 Å². The summed E-state index contributed by atoms with van der Waals surface area (Å²) in [4.78, 5) is 36.4. The van der Waals surface area contributed by atoms with E-state index in [2.05, 4.69) is 13.8 Å². The van der Waals surface area contributed by atoms with Gasteiger partial charge < -0.3 is 15.2 Å². The second kappa shape index (κ2) is 40.4. The molecule has 0 saturated heterocycles. The maximum atomic E-state index is 12.6. The largest absolute Gasteiger partial charge is 0.462 e. The molecule has 0 radical (unpaired) electrons. The van der Waals surface area contributed by atoms with Crippen LogP contribution in [0.3, 0.4) is 0 Å². The summed E-state index contributed by atoms with van der Waals surface area (Å²) in [5.74, 6) is 0.378. The van der Waals surface area contributed by atoms with E-state index in [1.165, 1.54) is 147 Å². The van der Waals surface area contributed by atoms with Crippen LogP contribution >= 0.6 is 11.8 Å². The number of ether oxygens (including phenoxy) is 2. The number of carbonyl (C=O) groups excluding carboxylic acids is 3. The molecular formula is C41H81NO5S. The lowest BCUT2D eigenvalue weighted by molar-refractivity contribution is -0.157. The highest BCUT2D eigenvalue weighted by Crippen LogP contribution is 2.16. The SMILES string of the molecule is CC.CCCCCCCCCCCCCCCC(=O)OCC(CSCC(N)C(C)=O)OC(=O)CCCCCCCCCCCCCCC. The number of esters is 2. The van der Waals surface area contributed by atoms with Crippen molar-refractivity contribution in [1.29, 1.82) is 0 Å². The predicted molar refractivity (Wildman–Crippen MR) is 209 cm³/mol. The summed E-state index contributed by atoms with van der Waals surface area (Å²) in [7, 11) is 0. The third-order valence-electron chi connectivity index (χ3n) is 8.82. The fraction of sp³-hybridized carbons (Fsp3) is 0.927. The lowest BCUT2D eigenvalue weighted by Crippen LogP contribution is -2.32. The van der Waals surface area contributed by atoms with Gasteiger partial charge in [-0.1, -0.05) is 182 Å². The van der Waals surface area contributed by atoms with Crippen molar-refractivity contribution in [2.24, 2.45) is 5.73 Å². The van der Waals surface area contributed by atoms with E-state index in [1.807, 2.05) is 13.8 Å². The van der Waals surface area contributed by atoms with Gasteiger partial charge in [0, 0.05) is 24.3 Å². The fourth-order valence-corrected chi connectivity index (χ4v) is 6.69. The third kappa shape index (κ3) is 37.7. The molecule has 0 aliphatic carbocycles. The molecule has 0 rings (SSSR count). The molecule has 0 bridgehead atoms. The van der Waals surface area contributed by atoms with Crippen LogP contribution in [0.5, 0.6) is 0 Å². The second-order valence-electron chi connectivity index (χ2n) is 13.5. The monoisotopic (exact) mass is 700 g/mol. The zero-order valence-corrected chi connectivity index (χ0v) is 33.4. The summed E-state index contributed by atoms with van der Waals surface area (Å²) in [6.07, 6.45) is 33.1. The minimum absolute atomic E-state index is 0.0595. The number of hydrogen-bond donors (Lipinski definition) is 1. The van der Waals surface area contributed by atoms with Crippen LogP contribution in [0.15, 0.2) is 0 Å². The number of rotatable bonds is 36. The number of carbonyl (C=O) groups is 3. The minimum atomic E-state index is -0.537. The maximum absolute atomic E-state index is 12.6. The van der Waals surface area contributed by atoms with Crippen molar-refractivity contribution in [1.82, 2.24) is 0 Å². The van der Waals surface area contributed by atoms with Crippen LogP contribution in [-0.4, -0.2) is 48.0 Å². The van der Waals surface area contributed by atoms with Gasteiger partial charge >= 0.3 is 11.9 Å². The van der Waals surface area contributed by atoms with E-state index in [0.717, 1.165) is 38.5 Å². The lowest BCUT2D eigenvalue weighted by Gasteiger charge is -2.18. The molecule has 7 heteroatoms. The van der Waals surface area contributed by atoms with Crippen LogP contribution in [0.4, 0.5) is 0 Å². The van der Waals surface area contributed by atoms with E-state index in [-0.39, 0.29) is 24.3 Å². The Morgan fingerprint density at radius 2 is 0.854 bits per heavy atom. The fourth-order valence-electron chi connectivity index (χ4n) is 5.64. The molecule has 0 amide bonds. The molecule has 0 fully saturated rings. The van der Waals surface area contributed by atoms with Crippen LogP contribution in [-0.2, 0) is 23.9 Å². The molecule has 0 aliphatic heterocycles. The molecule has 0 aromatic heterocycles. The smallest absolute Gasteiger partial charge is 0.306 e. The molecule has 0 spiro atoms. The number of Topliss-reactive ketones (excluding diaryl/α,β-unsaturated/α-hetero) is 1. The first-order valence-corrected chi connectivity index (χ1v) is 21.7. The lowest BCUT2D eigenvalue weighted by atomic mass is 10.0. The predicted octanol–water partition coefficient (Wildman–Crippen LogP) is 12.1. The van der Waals surface area contributed by atoms with E-state index in [9.17, 15) is 14.4 Å². The molecule has 286 valence electrons. The van der Waals surface area contributed by atoms with E-state index in [4.69, 9.17) is 15.2 Å². The van der Waals surface area contributed by atoms with Crippen molar-refractivity contribution in [3.63, 3.8) is 0 Å². The quantitative estimate of drug-likeness (QED) is 0.0513. The topological polar surface area (TPSA) is 95.7 Å². The molecule has 0 saturated carbocycles. The first kappa shape index (κ1) is 49.0. The van der Waals surface area contributed by atoms with Crippen LogP contribution in [0.2, 0.25) is 0 Å². The molecule has 2 atom stereocenters. The van der Waals surface area contributed by atoms with Gasteiger partial charge in [0.05, 0.1) is 6.04 Å². The Bertz CT molecular complexity index is 704. The Balaban J connectivity index is 0. The van der Waals surface area contributed by atoms with E-state index < -0.39 is 12.1 Å². The zero-order chi connectivity index (χ0) is 35.9. The van der Waals surface area contributed by atoms with Crippen molar-refractivity contribution in [2.75, 3.05) is 18.1 Å². The van der Waals surface area contributed by atoms with Gasteiger partial charge in [0.25, 0.3) is 0 Å². The highest BCUT2D eigenvalue weighted by molar-refractivity contribution is 7.99. The second-order valence-corrected chi connectivity index (χ2v) is 14.6. The Morgan fingerprint density at radius 1 is 0.521 bits per heavy atom. The van der Waals surface area contributed by atoms with Crippen molar-refractivity contribution >= 4 is 29.5 Å². The van der Waals surface area contributed by atoms with Crippen LogP contribution in [0, 0.1) is 0 Å². The van der Waals surface area contributed by atoms with Gasteiger partial charge in [0.15, 0.2) is 0 Å². The van der Waals surface area contributed by atoms with Gasteiger partial charge in [-0.25, -0.2) is 0 Å². The van der Waals surface area contributed by atoms with Gasteiger partial charge in [-0.15, -0.1) is 0 Å². The summed E-state index contributed by atoms with van der Waals surface area (Å²) in [6, 6.07) is -0.537. The van der Waals surface area contributed by atoms with Crippen molar-refractivity contribution < 1.29 is 23.9 Å². The highest BCUT2D eigenvalue weighted by atomic mass is 32.2. The summed E-state index contributed by atoms with van der Waals surface area (Å²) in [5, 5.41) is 0. The zero-order valence-electron chi connectivity index (χ0n) is 32.6. The molecule has 48 heavy (non-hydrogen) atoms. The number of hydrogen-bond acceptors (Lipinski definition) is 7. The molecule has 2 N–H and O–H groups in total. The summed E-state index contributed by atoms with van der Waals surface area (Å²) in [6.45, 7) is 10.1. The summed E-state index contributed by atoms with van der Waals surface area (Å²) in [5.41, 5.74) is 5.86. The number of nitrogens with two attached hydrogens (primary N) is 1. The average molecular weight is 700 g/mol. The molecular weight excluding hydrogens is 619 g/mol. The van der Waals surface area contributed by atoms with Gasteiger partial charge in [0.2, 0.25) is 0 Å². The molecule has 0 aliphatic rings. The van der Waals surface area contributed by atoms with Gasteiger partial charge in [0.1, 0.15) is 18.5 Å². The molecule has 2 unspecified atom stereocenters. The molecule has 0 aromatic rings. The maximum Gasteiger partial charge on any atom is 0.306 e. The first-order chi connectivity index (χ1) is 23.4. The average Bonchev–Trinajstić information content (AvgIpc) is 3.08. The molecule has 0 aromatic carbocycles.